The molecule has 5 N–H and O–H groups in total. The van der Waals surface area contributed by atoms with Crippen molar-refractivity contribution in [3.63, 3.8) is 0 Å². The minimum atomic E-state index is -0.670. The fourth-order valence-corrected chi connectivity index (χ4v) is 4.82. The molecule has 0 amide bonds. The molecule has 2 heterocycles. The maximum Gasteiger partial charge on any atom is 0.270 e. The number of fused-ring (bicyclic) bond motifs is 1. The van der Waals surface area contributed by atoms with E-state index in [1.54, 1.807) is 20.3 Å². The maximum atomic E-state index is 13.5. The van der Waals surface area contributed by atoms with Crippen molar-refractivity contribution in [2.45, 2.75) is 24.7 Å². The Kier molecular flexibility index (Phi) is 4.88. The van der Waals surface area contributed by atoms with E-state index in [2.05, 4.69) is 15.5 Å². The van der Waals surface area contributed by atoms with Gasteiger partial charge in [-0.2, -0.15) is 0 Å². The molecule has 1 aliphatic carbocycles. The lowest BCUT2D eigenvalue weighted by Gasteiger charge is -2.34. The van der Waals surface area contributed by atoms with E-state index in [0.29, 0.717) is 46.1 Å². The summed E-state index contributed by atoms with van der Waals surface area (Å²) >= 11 is 0. The molecule has 2 aromatic carbocycles. The molecule has 3 aromatic rings. The number of benzene rings is 2. The minimum absolute atomic E-state index is 0.0904. The van der Waals surface area contributed by atoms with E-state index in [-0.39, 0.29) is 35.2 Å². The molecule has 5 rings (SSSR count). The fourth-order valence-electron chi connectivity index (χ4n) is 4.82. The third-order valence-corrected chi connectivity index (χ3v) is 6.39. The van der Waals surface area contributed by atoms with Crippen LogP contribution in [-0.4, -0.2) is 40.4 Å². The van der Waals surface area contributed by atoms with Crippen molar-refractivity contribution < 1.29 is 24.5 Å². The number of methoxy groups -OCH3 is 2. The lowest BCUT2D eigenvalue weighted by molar-refractivity contribution is -0.116. The number of aromatic nitrogens is 2. The van der Waals surface area contributed by atoms with Crippen molar-refractivity contribution in [2.24, 2.45) is 0 Å². The number of phenolic OH excluding ortho intramolecular Hbond substituents is 2. The first-order valence-corrected chi connectivity index (χ1v) is 10.5. The van der Waals surface area contributed by atoms with Crippen LogP contribution in [-0.2, 0) is 4.79 Å². The molecule has 0 saturated carbocycles. The van der Waals surface area contributed by atoms with Gasteiger partial charge in [-0.3, -0.25) is 19.8 Å². The van der Waals surface area contributed by atoms with Crippen molar-refractivity contribution in [3.05, 3.63) is 74.7 Å². The number of carbonyl (C=O) groups is 1. The monoisotopic (exact) mass is 449 g/mol. The predicted octanol–water partition coefficient (Wildman–Crippen LogP) is 3.09. The number of ketones is 1. The van der Waals surface area contributed by atoms with Crippen LogP contribution >= 0.6 is 0 Å². The van der Waals surface area contributed by atoms with Crippen LogP contribution in [0, 0.1) is 0 Å². The Balaban J connectivity index is 1.60. The van der Waals surface area contributed by atoms with Gasteiger partial charge < -0.3 is 25.0 Å². The third-order valence-electron chi connectivity index (χ3n) is 6.39. The number of hydrogen-bond donors (Lipinski definition) is 5. The molecule has 2 aliphatic rings. The molecular formula is C24H23N3O6. The summed E-state index contributed by atoms with van der Waals surface area (Å²) in [5, 5.41) is 28.5. The third kappa shape index (κ3) is 3.32. The molecule has 2 atom stereocenters. The number of rotatable bonds is 4. The normalized spacial score (nSPS) is 19.5. The smallest absolute Gasteiger partial charge is 0.270 e. The largest absolute Gasteiger partial charge is 0.504 e. The summed E-state index contributed by atoms with van der Waals surface area (Å²) in [5.74, 6) is 0.252. The number of anilines is 1. The van der Waals surface area contributed by atoms with Gasteiger partial charge >= 0.3 is 0 Å². The molecule has 0 saturated heterocycles. The van der Waals surface area contributed by atoms with Gasteiger partial charge in [-0.1, -0.05) is 12.1 Å². The molecule has 0 bridgehead atoms. The van der Waals surface area contributed by atoms with E-state index in [9.17, 15) is 19.8 Å². The van der Waals surface area contributed by atoms with Crippen molar-refractivity contribution in [3.8, 4) is 23.0 Å². The summed E-state index contributed by atoms with van der Waals surface area (Å²) in [5.41, 5.74) is 2.72. The first-order valence-electron chi connectivity index (χ1n) is 10.5. The molecule has 0 unspecified atom stereocenters. The number of allylic oxidation sites excluding steroid dienone is 2. The fraction of sp³-hybridized carbons (Fsp3) is 0.250. The zero-order chi connectivity index (χ0) is 23.3. The Morgan fingerprint density at radius 2 is 1.64 bits per heavy atom. The van der Waals surface area contributed by atoms with Crippen molar-refractivity contribution in [1.82, 2.24) is 10.2 Å². The lowest BCUT2D eigenvalue weighted by Crippen LogP contribution is -2.31. The Labute approximate surface area is 188 Å². The average molecular weight is 449 g/mol. The zero-order valence-electron chi connectivity index (χ0n) is 18.1. The first kappa shape index (κ1) is 20.7. The number of phenols is 2. The topological polar surface area (TPSA) is 137 Å². The highest BCUT2D eigenvalue weighted by Crippen LogP contribution is 2.48. The first-order chi connectivity index (χ1) is 15.9. The maximum absolute atomic E-state index is 13.5. The van der Waals surface area contributed by atoms with Crippen LogP contribution in [0.4, 0.5) is 5.82 Å². The van der Waals surface area contributed by atoms with Gasteiger partial charge in [-0.25, -0.2) is 0 Å². The number of nitrogens with one attached hydrogen (secondary N) is 3. The molecule has 170 valence electrons. The molecule has 1 aliphatic heterocycles. The second-order valence-electron chi connectivity index (χ2n) is 8.21. The lowest BCUT2D eigenvalue weighted by atomic mass is 9.72. The van der Waals surface area contributed by atoms with Crippen LogP contribution < -0.4 is 20.3 Å². The summed E-state index contributed by atoms with van der Waals surface area (Å²) < 4.78 is 10.7. The van der Waals surface area contributed by atoms with Crippen molar-refractivity contribution in [2.75, 3.05) is 19.5 Å². The Hall–Kier alpha value is -4.14. The number of aromatic hydroxyl groups is 2. The number of carbonyl (C=O) groups excluding carboxylic acids is 1. The van der Waals surface area contributed by atoms with Crippen LogP contribution in [0.2, 0.25) is 0 Å². The number of ether oxygens (including phenoxy) is 2. The van der Waals surface area contributed by atoms with Crippen LogP contribution in [0.15, 0.2) is 52.5 Å². The van der Waals surface area contributed by atoms with Gasteiger partial charge in [-0.05, 0) is 47.7 Å². The number of Topliss-reactive ketones (excluding diaryl/α,β-unsaturated/α-hetero) is 1. The predicted molar refractivity (Wildman–Crippen MR) is 120 cm³/mol. The summed E-state index contributed by atoms with van der Waals surface area (Å²) in [6, 6.07) is 9.98. The minimum Gasteiger partial charge on any atom is -0.504 e. The summed E-state index contributed by atoms with van der Waals surface area (Å²) in [4.78, 5) is 26.1. The van der Waals surface area contributed by atoms with E-state index < -0.39 is 5.92 Å². The summed E-state index contributed by atoms with van der Waals surface area (Å²) in [6.45, 7) is 0. The van der Waals surface area contributed by atoms with Gasteiger partial charge in [0, 0.05) is 23.6 Å². The molecule has 0 spiro atoms. The Bertz CT molecular complexity index is 1350. The van der Waals surface area contributed by atoms with Crippen molar-refractivity contribution >= 4 is 11.6 Å². The van der Waals surface area contributed by atoms with Gasteiger partial charge in [0.15, 0.2) is 28.8 Å². The molecule has 0 fully saturated rings. The molecule has 9 heteroatoms. The second-order valence-corrected chi connectivity index (χ2v) is 8.21. The van der Waals surface area contributed by atoms with Crippen LogP contribution in [0.5, 0.6) is 23.0 Å². The molecule has 1 aromatic heterocycles. The summed E-state index contributed by atoms with van der Waals surface area (Å²) in [7, 11) is 3.14. The average Bonchev–Trinajstić information content (AvgIpc) is 3.19. The number of aromatic amines is 2. The molecule has 0 radical (unpaired) electrons. The standard InChI is InChI=1S/C24H23N3O6/c1-32-18-6-4-11(10-19(18)33-2)13-7-14-21(17(30)9-13)20(12-3-5-15(28)16(29)8-12)22-23(25-14)26-27-24(22)31/h3-6,8,10,13,20,28-29H,7,9H2,1-2H3,(H3,25,26,27,31)/t13-,20-/m0/s1. The second kappa shape index (κ2) is 7.77. The highest BCUT2D eigenvalue weighted by molar-refractivity contribution is 6.01. The number of hydrogen-bond acceptors (Lipinski definition) is 7. The van der Waals surface area contributed by atoms with E-state index in [1.807, 2.05) is 18.2 Å². The van der Waals surface area contributed by atoms with Gasteiger partial charge in [-0.15, -0.1) is 0 Å². The molecule has 33 heavy (non-hydrogen) atoms. The molecular weight excluding hydrogens is 426 g/mol. The zero-order valence-corrected chi connectivity index (χ0v) is 18.1. The Morgan fingerprint density at radius 1 is 0.879 bits per heavy atom. The van der Waals surface area contributed by atoms with Gasteiger partial charge in [0.05, 0.1) is 19.8 Å². The van der Waals surface area contributed by atoms with Gasteiger partial charge in [0.2, 0.25) is 0 Å². The quantitative estimate of drug-likeness (QED) is 0.386. The SMILES string of the molecule is COc1ccc([C@@H]2CC(=O)C3=C(C2)Nc2[nH][nH]c(=O)c2[C@H]3c2ccc(O)c(O)c2)cc1OC. The van der Waals surface area contributed by atoms with E-state index in [0.717, 1.165) is 5.56 Å². The molecule has 9 nitrogen and oxygen atoms in total. The van der Waals surface area contributed by atoms with E-state index >= 15 is 0 Å². The highest BCUT2D eigenvalue weighted by Gasteiger charge is 2.40. The van der Waals surface area contributed by atoms with Crippen LogP contribution in [0.1, 0.15) is 41.4 Å². The van der Waals surface area contributed by atoms with E-state index in [4.69, 9.17) is 9.47 Å². The van der Waals surface area contributed by atoms with Gasteiger partial charge in [0.25, 0.3) is 5.56 Å². The highest BCUT2D eigenvalue weighted by atomic mass is 16.5. The van der Waals surface area contributed by atoms with Crippen LogP contribution in [0.3, 0.4) is 0 Å². The van der Waals surface area contributed by atoms with Crippen LogP contribution in [0.25, 0.3) is 0 Å². The summed E-state index contributed by atoms with van der Waals surface area (Å²) in [6.07, 6.45) is 0.804. The van der Waals surface area contributed by atoms with Crippen molar-refractivity contribution in [1.29, 1.82) is 0 Å². The van der Waals surface area contributed by atoms with E-state index in [1.165, 1.54) is 12.1 Å². The Morgan fingerprint density at radius 3 is 2.36 bits per heavy atom. The van der Waals surface area contributed by atoms with Gasteiger partial charge in [0.1, 0.15) is 5.82 Å². The number of H-pyrrole nitrogens is 2.